The summed E-state index contributed by atoms with van der Waals surface area (Å²) in [5.74, 6) is 1.83. The molecule has 1 amide bonds. The van der Waals surface area contributed by atoms with E-state index in [0.29, 0.717) is 18.4 Å². The van der Waals surface area contributed by atoms with Gasteiger partial charge in [-0.15, -0.1) is 0 Å². The molecule has 2 N–H and O–H groups in total. The fourth-order valence-corrected chi connectivity index (χ4v) is 3.73. The monoisotopic (exact) mass is 330 g/mol. The van der Waals surface area contributed by atoms with Crippen LogP contribution in [0.3, 0.4) is 0 Å². The zero-order valence-corrected chi connectivity index (χ0v) is 14.8. The molecule has 0 bridgehead atoms. The van der Waals surface area contributed by atoms with E-state index in [9.17, 15) is 4.79 Å². The van der Waals surface area contributed by atoms with Crippen LogP contribution in [0.5, 0.6) is 0 Å². The Hall–Kier alpha value is -1.62. The lowest BCUT2D eigenvalue weighted by Gasteiger charge is -2.17. The van der Waals surface area contributed by atoms with Gasteiger partial charge in [-0.25, -0.2) is 4.98 Å². The number of nitrogens with zero attached hydrogens (tertiary/aromatic N) is 2. The van der Waals surface area contributed by atoms with Gasteiger partial charge in [-0.1, -0.05) is 18.9 Å². The maximum Gasteiger partial charge on any atom is 0.221 e. The highest BCUT2D eigenvalue weighted by molar-refractivity contribution is 5.76. The molecule has 1 aromatic rings. The Morgan fingerprint density at radius 1 is 1.29 bits per heavy atom. The Labute approximate surface area is 145 Å². The molecule has 2 fully saturated rings. The molecule has 1 saturated heterocycles. The SMILES string of the molecule is Cc1ccc(NC[C@@H]2CCN(CCC(=O)NC3CCCC3)C2)nc1. The number of likely N-dealkylation sites (tertiary alicyclic amines) is 1. The number of pyridine rings is 1. The molecule has 1 aliphatic heterocycles. The molecule has 5 nitrogen and oxygen atoms in total. The molecule has 0 unspecified atom stereocenters. The van der Waals surface area contributed by atoms with Crippen LogP contribution in [-0.2, 0) is 4.79 Å². The summed E-state index contributed by atoms with van der Waals surface area (Å²) in [5.41, 5.74) is 1.18. The van der Waals surface area contributed by atoms with Gasteiger partial charge in [-0.3, -0.25) is 4.79 Å². The summed E-state index contributed by atoms with van der Waals surface area (Å²) in [4.78, 5) is 18.8. The molecule has 132 valence electrons. The number of carbonyl (C=O) groups is 1. The van der Waals surface area contributed by atoms with Gasteiger partial charge in [0.05, 0.1) is 0 Å². The van der Waals surface area contributed by atoms with E-state index in [1.165, 1.54) is 24.8 Å². The van der Waals surface area contributed by atoms with Gasteiger partial charge >= 0.3 is 0 Å². The van der Waals surface area contributed by atoms with Crippen LogP contribution < -0.4 is 10.6 Å². The molecule has 1 aliphatic carbocycles. The lowest BCUT2D eigenvalue weighted by atomic mass is 10.1. The van der Waals surface area contributed by atoms with Crippen molar-refractivity contribution < 1.29 is 4.79 Å². The van der Waals surface area contributed by atoms with E-state index in [2.05, 4.69) is 33.5 Å². The number of hydrogen-bond donors (Lipinski definition) is 2. The first kappa shape index (κ1) is 17.2. The van der Waals surface area contributed by atoms with Crippen molar-refractivity contribution in [2.45, 2.75) is 51.5 Å². The molecule has 1 saturated carbocycles. The number of rotatable bonds is 7. The molecule has 1 aromatic heterocycles. The largest absolute Gasteiger partial charge is 0.370 e. The minimum Gasteiger partial charge on any atom is -0.370 e. The van der Waals surface area contributed by atoms with Gasteiger partial charge in [0, 0.05) is 38.3 Å². The van der Waals surface area contributed by atoms with Crippen LogP contribution >= 0.6 is 0 Å². The number of nitrogens with one attached hydrogen (secondary N) is 2. The Morgan fingerprint density at radius 2 is 2.12 bits per heavy atom. The minimum absolute atomic E-state index is 0.229. The second-order valence-electron chi connectivity index (χ2n) is 7.36. The van der Waals surface area contributed by atoms with E-state index >= 15 is 0 Å². The maximum absolute atomic E-state index is 12.0. The Balaban J connectivity index is 1.31. The molecular weight excluding hydrogens is 300 g/mol. The summed E-state index contributed by atoms with van der Waals surface area (Å²) < 4.78 is 0. The van der Waals surface area contributed by atoms with Gasteiger partial charge in [0.25, 0.3) is 0 Å². The lowest BCUT2D eigenvalue weighted by molar-refractivity contribution is -0.122. The molecule has 24 heavy (non-hydrogen) atoms. The minimum atomic E-state index is 0.229. The highest BCUT2D eigenvalue weighted by atomic mass is 16.1. The van der Waals surface area contributed by atoms with E-state index < -0.39 is 0 Å². The number of aryl methyl sites for hydroxylation is 1. The summed E-state index contributed by atoms with van der Waals surface area (Å²) in [6.07, 6.45) is 8.58. The van der Waals surface area contributed by atoms with Crippen molar-refractivity contribution in [3.63, 3.8) is 0 Å². The molecule has 2 heterocycles. The van der Waals surface area contributed by atoms with Crippen LogP contribution in [-0.4, -0.2) is 48.0 Å². The van der Waals surface area contributed by atoms with E-state index in [1.54, 1.807) is 0 Å². The van der Waals surface area contributed by atoms with Crippen LogP contribution in [0, 0.1) is 12.8 Å². The average Bonchev–Trinajstić information content (AvgIpc) is 3.24. The predicted octanol–water partition coefficient (Wildman–Crippen LogP) is 2.57. The van der Waals surface area contributed by atoms with Crippen molar-refractivity contribution in [1.82, 2.24) is 15.2 Å². The summed E-state index contributed by atoms with van der Waals surface area (Å²) >= 11 is 0. The first-order valence-corrected chi connectivity index (χ1v) is 9.37. The van der Waals surface area contributed by atoms with Crippen molar-refractivity contribution in [3.8, 4) is 0 Å². The van der Waals surface area contributed by atoms with Crippen LogP contribution in [0.4, 0.5) is 5.82 Å². The summed E-state index contributed by atoms with van der Waals surface area (Å²) in [6, 6.07) is 4.56. The summed E-state index contributed by atoms with van der Waals surface area (Å²) in [7, 11) is 0. The third-order valence-corrected chi connectivity index (χ3v) is 5.23. The average molecular weight is 330 g/mol. The number of hydrogen-bond acceptors (Lipinski definition) is 4. The van der Waals surface area contributed by atoms with E-state index in [4.69, 9.17) is 0 Å². The van der Waals surface area contributed by atoms with Crippen molar-refractivity contribution in [3.05, 3.63) is 23.9 Å². The number of aromatic nitrogens is 1. The first-order chi connectivity index (χ1) is 11.7. The zero-order chi connectivity index (χ0) is 16.8. The van der Waals surface area contributed by atoms with Gasteiger partial charge in [0.2, 0.25) is 5.91 Å². The van der Waals surface area contributed by atoms with Crippen LogP contribution in [0.15, 0.2) is 18.3 Å². The standard InChI is InChI=1S/C19H30N4O/c1-15-6-7-18(20-12-15)21-13-16-8-10-23(14-16)11-9-19(24)22-17-4-2-3-5-17/h6-7,12,16-17H,2-5,8-11,13-14H2,1H3,(H,20,21)(H,22,24)/t16-/m0/s1. The third-order valence-electron chi connectivity index (χ3n) is 5.23. The van der Waals surface area contributed by atoms with Gasteiger partial charge in [-0.05, 0) is 50.3 Å². The molecule has 5 heteroatoms. The second-order valence-corrected chi connectivity index (χ2v) is 7.36. The van der Waals surface area contributed by atoms with Gasteiger partial charge < -0.3 is 15.5 Å². The van der Waals surface area contributed by atoms with Gasteiger partial charge in [0.1, 0.15) is 5.82 Å². The van der Waals surface area contributed by atoms with Crippen molar-refractivity contribution in [2.75, 3.05) is 31.5 Å². The summed E-state index contributed by atoms with van der Waals surface area (Å²) in [5, 5.41) is 6.61. The third kappa shape index (κ3) is 5.20. The van der Waals surface area contributed by atoms with Crippen LogP contribution in [0.2, 0.25) is 0 Å². The number of anilines is 1. The molecule has 0 aromatic carbocycles. The molecule has 1 atom stereocenters. The predicted molar refractivity (Wildman–Crippen MR) is 97.0 cm³/mol. The van der Waals surface area contributed by atoms with E-state index in [0.717, 1.165) is 44.8 Å². The summed E-state index contributed by atoms with van der Waals surface area (Å²) in [6.45, 7) is 6.08. The van der Waals surface area contributed by atoms with E-state index in [-0.39, 0.29) is 5.91 Å². The van der Waals surface area contributed by atoms with Crippen LogP contribution in [0.1, 0.15) is 44.1 Å². The van der Waals surface area contributed by atoms with Crippen molar-refractivity contribution >= 4 is 11.7 Å². The maximum atomic E-state index is 12.0. The zero-order valence-electron chi connectivity index (χ0n) is 14.8. The topological polar surface area (TPSA) is 57.3 Å². The normalized spacial score (nSPS) is 22.0. The number of carbonyl (C=O) groups excluding carboxylic acids is 1. The second kappa shape index (κ2) is 8.47. The molecule has 3 rings (SSSR count). The van der Waals surface area contributed by atoms with E-state index in [1.807, 2.05) is 12.3 Å². The molecular formula is C19H30N4O. The highest BCUT2D eigenvalue weighted by Crippen LogP contribution is 2.19. The first-order valence-electron chi connectivity index (χ1n) is 9.37. The fraction of sp³-hybridized carbons (Fsp3) is 0.684. The van der Waals surface area contributed by atoms with Gasteiger partial charge in [0.15, 0.2) is 0 Å². The number of amides is 1. The van der Waals surface area contributed by atoms with Crippen molar-refractivity contribution in [2.24, 2.45) is 5.92 Å². The van der Waals surface area contributed by atoms with Gasteiger partial charge in [-0.2, -0.15) is 0 Å². The smallest absolute Gasteiger partial charge is 0.221 e. The fourth-order valence-electron chi connectivity index (χ4n) is 3.73. The molecule has 0 radical (unpaired) electrons. The van der Waals surface area contributed by atoms with Crippen molar-refractivity contribution in [1.29, 1.82) is 0 Å². The van der Waals surface area contributed by atoms with Crippen LogP contribution in [0.25, 0.3) is 0 Å². The molecule has 2 aliphatic rings. The Kier molecular flexibility index (Phi) is 6.07. The quantitative estimate of drug-likeness (QED) is 0.807. The Bertz CT molecular complexity index is 525. The Morgan fingerprint density at radius 3 is 2.88 bits per heavy atom. The lowest BCUT2D eigenvalue weighted by Crippen LogP contribution is -2.35. The molecule has 0 spiro atoms. The highest BCUT2D eigenvalue weighted by Gasteiger charge is 2.23.